The summed E-state index contributed by atoms with van der Waals surface area (Å²) in [4.78, 5) is 13.0. The van der Waals surface area contributed by atoms with Crippen LogP contribution in [0.4, 0.5) is 0 Å². The third kappa shape index (κ3) is 6.67. The Hall–Kier alpha value is -0.960. The van der Waals surface area contributed by atoms with Crippen LogP contribution in [-0.4, -0.2) is 17.7 Å². The maximum atomic E-state index is 11.9. The van der Waals surface area contributed by atoms with E-state index in [1.807, 2.05) is 12.1 Å². The molecule has 2 nitrogen and oxygen atoms in total. The van der Waals surface area contributed by atoms with E-state index in [0.29, 0.717) is 11.7 Å². The van der Waals surface area contributed by atoms with E-state index in [0.717, 1.165) is 12.8 Å². The van der Waals surface area contributed by atoms with Crippen molar-refractivity contribution in [2.75, 3.05) is 5.75 Å². The molecule has 0 fully saturated rings. The molecule has 1 rings (SSSR count). The Labute approximate surface area is 121 Å². The maximum absolute atomic E-state index is 11.9. The van der Waals surface area contributed by atoms with Crippen molar-refractivity contribution in [1.29, 1.82) is 0 Å². The molecule has 0 heterocycles. The molecule has 106 valence electrons. The first-order valence-corrected chi connectivity index (χ1v) is 7.95. The van der Waals surface area contributed by atoms with Gasteiger partial charge in [0.2, 0.25) is 5.91 Å². The molecule has 19 heavy (non-hydrogen) atoms. The van der Waals surface area contributed by atoms with E-state index in [2.05, 4.69) is 45.1 Å². The lowest BCUT2D eigenvalue weighted by atomic mass is 10.0. The van der Waals surface area contributed by atoms with Gasteiger partial charge in [-0.3, -0.25) is 4.79 Å². The minimum Gasteiger partial charge on any atom is -0.353 e. The largest absolute Gasteiger partial charge is 0.353 e. The fraction of sp³-hybridized carbons (Fsp3) is 0.562. The lowest BCUT2D eigenvalue weighted by molar-refractivity contribution is -0.119. The zero-order valence-electron chi connectivity index (χ0n) is 12.4. The van der Waals surface area contributed by atoms with Gasteiger partial charge >= 0.3 is 0 Å². The van der Waals surface area contributed by atoms with Gasteiger partial charge in [0.1, 0.15) is 0 Å². The summed E-state index contributed by atoms with van der Waals surface area (Å²) in [5.41, 5.74) is 1.23. The Kier molecular flexibility index (Phi) is 7.00. The number of hydrogen-bond donors (Lipinski definition) is 1. The summed E-state index contributed by atoms with van der Waals surface area (Å²) in [5.74, 6) is 1.32. The number of carbonyl (C=O) groups excluding carboxylic acids is 1. The van der Waals surface area contributed by atoms with E-state index >= 15 is 0 Å². The van der Waals surface area contributed by atoms with Crippen molar-refractivity contribution in [3.05, 3.63) is 29.8 Å². The van der Waals surface area contributed by atoms with Gasteiger partial charge in [-0.1, -0.05) is 32.0 Å². The normalized spacial score (nSPS) is 12.5. The highest BCUT2D eigenvalue weighted by atomic mass is 32.2. The lowest BCUT2D eigenvalue weighted by Gasteiger charge is -2.15. The molecule has 0 spiro atoms. The summed E-state index contributed by atoms with van der Waals surface area (Å²) in [5, 5.41) is 3.07. The molecule has 0 aliphatic carbocycles. The van der Waals surface area contributed by atoms with Crippen LogP contribution in [0, 0.1) is 12.8 Å². The van der Waals surface area contributed by atoms with Crippen LogP contribution in [0.15, 0.2) is 29.2 Å². The maximum Gasteiger partial charge on any atom is 0.230 e. The van der Waals surface area contributed by atoms with E-state index in [4.69, 9.17) is 0 Å². The third-order valence-corrected chi connectivity index (χ3v) is 4.21. The van der Waals surface area contributed by atoms with Crippen LogP contribution in [0.25, 0.3) is 0 Å². The van der Waals surface area contributed by atoms with E-state index in [-0.39, 0.29) is 11.9 Å². The first-order valence-electron chi connectivity index (χ1n) is 6.97. The van der Waals surface area contributed by atoms with Gasteiger partial charge in [0, 0.05) is 10.9 Å². The van der Waals surface area contributed by atoms with E-state index in [1.54, 1.807) is 11.8 Å². The van der Waals surface area contributed by atoms with Crippen LogP contribution in [0.5, 0.6) is 0 Å². The van der Waals surface area contributed by atoms with Gasteiger partial charge in [-0.15, -0.1) is 11.8 Å². The molecule has 0 bridgehead atoms. The molecule has 3 heteroatoms. The molecular formula is C16H25NOS. The second kappa shape index (κ2) is 8.26. The fourth-order valence-corrected chi connectivity index (χ4v) is 2.67. The van der Waals surface area contributed by atoms with Gasteiger partial charge in [0.25, 0.3) is 0 Å². The molecular weight excluding hydrogens is 254 g/mol. The topological polar surface area (TPSA) is 29.1 Å². The Balaban J connectivity index is 2.30. The predicted octanol–water partition coefficient (Wildman–Crippen LogP) is 4.03. The minimum absolute atomic E-state index is 0.129. The molecule has 0 aliphatic rings. The number of rotatable bonds is 7. The lowest BCUT2D eigenvalue weighted by Crippen LogP contribution is -2.34. The molecule has 1 aromatic carbocycles. The molecule has 0 aliphatic heterocycles. The van der Waals surface area contributed by atoms with Gasteiger partial charge in [0.15, 0.2) is 0 Å². The quantitative estimate of drug-likeness (QED) is 0.764. The molecule has 0 aromatic heterocycles. The average molecular weight is 279 g/mol. The number of aryl methyl sites for hydroxylation is 1. The number of nitrogens with one attached hydrogen (secondary N) is 1. The second-order valence-corrected chi connectivity index (χ2v) is 6.51. The zero-order chi connectivity index (χ0) is 14.3. The summed E-state index contributed by atoms with van der Waals surface area (Å²) in [6.07, 6.45) is 2.21. The second-order valence-electron chi connectivity index (χ2n) is 5.49. The summed E-state index contributed by atoms with van der Waals surface area (Å²) < 4.78 is 0. The molecule has 1 unspecified atom stereocenters. The Morgan fingerprint density at radius 2 is 1.89 bits per heavy atom. The van der Waals surface area contributed by atoms with Crippen molar-refractivity contribution >= 4 is 17.7 Å². The summed E-state index contributed by atoms with van der Waals surface area (Å²) >= 11 is 1.61. The fourth-order valence-electron chi connectivity index (χ4n) is 1.83. The van der Waals surface area contributed by atoms with Crippen molar-refractivity contribution in [3.63, 3.8) is 0 Å². The van der Waals surface area contributed by atoms with E-state index in [9.17, 15) is 4.79 Å². The summed E-state index contributed by atoms with van der Waals surface area (Å²) in [7, 11) is 0. The molecule has 0 saturated carbocycles. The first-order chi connectivity index (χ1) is 8.99. The number of thioether (sulfide) groups is 1. The summed E-state index contributed by atoms with van der Waals surface area (Å²) in [6, 6.07) is 8.44. The molecule has 1 amide bonds. The van der Waals surface area contributed by atoms with Crippen LogP contribution in [0.1, 0.15) is 39.2 Å². The van der Waals surface area contributed by atoms with Crippen molar-refractivity contribution in [1.82, 2.24) is 5.32 Å². The highest BCUT2D eigenvalue weighted by molar-refractivity contribution is 8.00. The van der Waals surface area contributed by atoms with Crippen LogP contribution in [-0.2, 0) is 4.79 Å². The number of hydrogen-bond acceptors (Lipinski definition) is 2. The molecule has 1 atom stereocenters. The van der Waals surface area contributed by atoms with Crippen LogP contribution in [0.3, 0.4) is 0 Å². The first kappa shape index (κ1) is 16.1. The number of benzene rings is 1. The number of carbonyl (C=O) groups is 1. The molecule has 1 N–H and O–H groups in total. The monoisotopic (exact) mass is 279 g/mol. The Morgan fingerprint density at radius 1 is 1.21 bits per heavy atom. The van der Waals surface area contributed by atoms with E-state index in [1.165, 1.54) is 10.5 Å². The van der Waals surface area contributed by atoms with Gasteiger partial charge in [-0.05, 0) is 44.2 Å². The van der Waals surface area contributed by atoms with Crippen LogP contribution >= 0.6 is 11.8 Å². The van der Waals surface area contributed by atoms with Crippen molar-refractivity contribution in [2.45, 2.75) is 51.5 Å². The smallest absolute Gasteiger partial charge is 0.230 e. The average Bonchev–Trinajstić information content (AvgIpc) is 2.35. The van der Waals surface area contributed by atoms with Gasteiger partial charge in [-0.25, -0.2) is 0 Å². The van der Waals surface area contributed by atoms with Gasteiger partial charge < -0.3 is 5.32 Å². The predicted molar refractivity (Wildman–Crippen MR) is 83.6 cm³/mol. The van der Waals surface area contributed by atoms with Crippen molar-refractivity contribution in [3.8, 4) is 0 Å². The number of amides is 1. The van der Waals surface area contributed by atoms with Gasteiger partial charge in [0.05, 0.1) is 5.75 Å². The van der Waals surface area contributed by atoms with E-state index < -0.39 is 0 Å². The zero-order valence-corrected chi connectivity index (χ0v) is 13.2. The van der Waals surface area contributed by atoms with Crippen molar-refractivity contribution < 1.29 is 4.79 Å². The Morgan fingerprint density at radius 3 is 2.53 bits per heavy atom. The van der Waals surface area contributed by atoms with Crippen LogP contribution in [0.2, 0.25) is 0 Å². The molecule has 1 aromatic rings. The molecule has 0 radical (unpaired) electrons. The van der Waals surface area contributed by atoms with Crippen molar-refractivity contribution in [2.24, 2.45) is 5.92 Å². The SMILES string of the molecule is Cc1ccccc1SCC(=O)NC(C)CCC(C)C. The van der Waals surface area contributed by atoms with Crippen LogP contribution < -0.4 is 5.32 Å². The standard InChI is InChI=1S/C16H25NOS/c1-12(2)9-10-14(4)17-16(18)11-19-15-8-6-5-7-13(15)3/h5-8,12,14H,9-11H2,1-4H3,(H,17,18). The molecule has 0 saturated heterocycles. The highest BCUT2D eigenvalue weighted by Gasteiger charge is 2.09. The highest BCUT2D eigenvalue weighted by Crippen LogP contribution is 2.21. The third-order valence-electron chi connectivity index (χ3n) is 3.04. The Bertz CT molecular complexity index is 403. The van der Waals surface area contributed by atoms with Gasteiger partial charge in [-0.2, -0.15) is 0 Å². The summed E-state index contributed by atoms with van der Waals surface area (Å²) in [6.45, 7) is 8.58. The minimum atomic E-state index is 0.129.